The molecule has 3 rings (SSSR count). The Hall–Kier alpha value is -2.81. The number of hydrogen-bond acceptors (Lipinski definition) is 3. The maximum atomic E-state index is 10.8. The van der Waals surface area contributed by atoms with Crippen molar-refractivity contribution in [2.75, 3.05) is 7.11 Å². The Morgan fingerprint density at radius 3 is 2.43 bits per heavy atom. The van der Waals surface area contributed by atoms with Crippen molar-refractivity contribution in [3.05, 3.63) is 66.4 Å². The molecule has 3 heteroatoms. The number of furan rings is 1. The molecule has 0 atom stereocenters. The zero-order chi connectivity index (χ0) is 14.7. The summed E-state index contributed by atoms with van der Waals surface area (Å²) in [5.41, 5.74) is 3.01. The fraction of sp³-hybridized carbons (Fsp3) is 0.0556. The Kier molecular flexibility index (Phi) is 3.56. The smallest absolute Gasteiger partial charge is 0.185 e. The molecule has 0 saturated carbocycles. The Balaban J connectivity index is 2.11. The van der Waals surface area contributed by atoms with E-state index >= 15 is 0 Å². The summed E-state index contributed by atoms with van der Waals surface area (Å²) in [4.78, 5) is 10.8. The molecule has 1 aromatic heterocycles. The van der Waals surface area contributed by atoms with Crippen molar-refractivity contribution < 1.29 is 13.9 Å². The summed E-state index contributed by atoms with van der Waals surface area (Å²) in [6.45, 7) is 0. The first kappa shape index (κ1) is 13.2. The van der Waals surface area contributed by atoms with Gasteiger partial charge in [0.15, 0.2) is 12.0 Å². The number of benzene rings is 2. The molecule has 104 valence electrons. The average Bonchev–Trinajstić information content (AvgIpc) is 3.04. The number of hydrogen-bond donors (Lipinski definition) is 0. The van der Waals surface area contributed by atoms with Crippen molar-refractivity contribution >= 4 is 6.29 Å². The summed E-state index contributed by atoms with van der Waals surface area (Å²) in [6.07, 6.45) is 0.691. The summed E-state index contributed by atoms with van der Waals surface area (Å²) in [7, 11) is 1.62. The second-order valence-corrected chi connectivity index (χ2v) is 4.60. The molecule has 3 aromatic rings. The van der Waals surface area contributed by atoms with E-state index < -0.39 is 0 Å². The van der Waals surface area contributed by atoms with Gasteiger partial charge in [-0.3, -0.25) is 4.79 Å². The van der Waals surface area contributed by atoms with E-state index in [1.807, 2.05) is 48.5 Å². The largest absolute Gasteiger partial charge is 0.496 e. The SMILES string of the molecule is COc1ccc(-c2ccccc2)cc1-c1ccc(C=O)o1. The van der Waals surface area contributed by atoms with Gasteiger partial charge >= 0.3 is 0 Å². The molecule has 0 N–H and O–H groups in total. The second kappa shape index (κ2) is 5.67. The van der Waals surface area contributed by atoms with Crippen molar-refractivity contribution in [1.82, 2.24) is 0 Å². The van der Waals surface area contributed by atoms with Crippen LogP contribution in [0.1, 0.15) is 10.6 Å². The molecule has 2 aromatic carbocycles. The summed E-state index contributed by atoms with van der Waals surface area (Å²) < 4.78 is 10.9. The first-order valence-corrected chi connectivity index (χ1v) is 6.60. The monoisotopic (exact) mass is 278 g/mol. The van der Waals surface area contributed by atoms with E-state index in [0.717, 1.165) is 16.7 Å². The van der Waals surface area contributed by atoms with Crippen LogP contribution in [0.15, 0.2) is 65.1 Å². The maximum absolute atomic E-state index is 10.8. The van der Waals surface area contributed by atoms with Gasteiger partial charge in [0.2, 0.25) is 0 Å². The van der Waals surface area contributed by atoms with Crippen molar-refractivity contribution in [3.8, 4) is 28.2 Å². The van der Waals surface area contributed by atoms with E-state index in [1.54, 1.807) is 19.2 Å². The lowest BCUT2D eigenvalue weighted by atomic mass is 10.0. The standard InChI is InChI=1S/C18H14O3/c1-20-17-9-7-14(13-5-3-2-4-6-13)11-16(17)18-10-8-15(12-19)21-18/h2-12H,1H3. The molecule has 3 nitrogen and oxygen atoms in total. The first-order chi connectivity index (χ1) is 10.3. The van der Waals surface area contributed by atoms with E-state index in [0.29, 0.717) is 23.6 Å². The molecule has 0 aliphatic heterocycles. The zero-order valence-corrected chi connectivity index (χ0v) is 11.6. The highest BCUT2D eigenvalue weighted by Gasteiger charge is 2.12. The Morgan fingerprint density at radius 2 is 1.76 bits per heavy atom. The molecular formula is C18H14O3. The minimum absolute atomic E-state index is 0.303. The molecule has 21 heavy (non-hydrogen) atoms. The molecule has 0 aliphatic rings. The summed E-state index contributed by atoms with van der Waals surface area (Å²) in [5, 5.41) is 0. The number of rotatable bonds is 4. The van der Waals surface area contributed by atoms with Crippen LogP contribution < -0.4 is 4.74 Å². The lowest BCUT2D eigenvalue weighted by Crippen LogP contribution is -1.88. The molecule has 0 amide bonds. The minimum Gasteiger partial charge on any atom is -0.496 e. The molecular weight excluding hydrogens is 264 g/mol. The van der Waals surface area contributed by atoms with E-state index in [9.17, 15) is 4.79 Å². The van der Waals surface area contributed by atoms with Crippen molar-refractivity contribution in [3.63, 3.8) is 0 Å². The number of ether oxygens (including phenoxy) is 1. The van der Waals surface area contributed by atoms with E-state index in [1.165, 1.54) is 0 Å². The normalized spacial score (nSPS) is 10.3. The third-order valence-electron chi connectivity index (χ3n) is 3.31. The van der Waals surface area contributed by atoms with Crippen LogP contribution >= 0.6 is 0 Å². The molecule has 0 fully saturated rings. The summed E-state index contributed by atoms with van der Waals surface area (Å²) in [5.74, 6) is 1.63. The average molecular weight is 278 g/mol. The fourth-order valence-electron chi connectivity index (χ4n) is 2.27. The van der Waals surface area contributed by atoms with Crippen molar-refractivity contribution in [2.24, 2.45) is 0 Å². The van der Waals surface area contributed by atoms with Crippen molar-refractivity contribution in [2.45, 2.75) is 0 Å². The predicted molar refractivity (Wildman–Crippen MR) is 81.5 cm³/mol. The molecule has 0 aliphatic carbocycles. The highest BCUT2D eigenvalue weighted by Crippen LogP contribution is 2.35. The van der Waals surface area contributed by atoms with Crippen LogP contribution in [0.25, 0.3) is 22.5 Å². The van der Waals surface area contributed by atoms with Gasteiger partial charge in [0, 0.05) is 0 Å². The lowest BCUT2D eigenvalue weighted by molar-refractivity contribution is 0.110. The summed E-state index contributed by atoms with van der Waals surface area (Å²) >= 11 is 0. The van der Waals surface area contributed by atoms with Gasteiger partial charge in [-0.1, -0.05) is 36.4 Å². The van der Waals surface area contributed by atoms with Crippen molar-refractivity contribution in [1.29, 1.82) is 0 Å². The predicted octanol–water partition coefficient (Wildman–Crippen LogP) is 4.43. The van der Waals surface area contributed by atoms with E-state index in [2.05, 4.69) is 0 Å². The minimum atomic E-state index is 0.303. The number of aldehydes is 1. The van der Waals surface area contributed by atoms with Crippen LogP contribution in [0, 0.1) is 0 Å². The third kappa shape index (κ3) is 2.58. The van der Waals surface area contributed by atoms with Gasteiger partial charge in [0.25, 0.3) is 0 Å². The van der Waals surface area contributed by atoms with Crippen LogP contribution in [-0.2, 0) is 0 Å². The fourth-order valence-corrected chi connectivity index (χ4v) is 2.27. The summed E-state index contributed by atoms with van der Waals surface area (Å²) in [6, 6.07) is 19.4. The van der Waals surface area contributed by atoms with Crippen LogP contribution in [0.2, 0.25) is 0 Å². The Morgan fingerprint density at radius 1 is 0.952 bits per heavy atom. The zero-order valence-electron chi connectivity index (χ0n) is 11.6. The van der Waals surface area contributed by atoms with Gasteiger partial charge in [-0.2, -0.15) is 0 Å². The van der Waals surface area contributed by atoms with Crippen LogP contribution in [0.3, 0.4) is 0 Å². The Labute approximate surface area is 122 Å². The van der Waals surface area contributed by atoms with Crippen LogP contribution in [0.4, 0.5) is 0 Å². The molecule has 0 unspecified atom stereocenters. The maximum Gasteiger partial charge on any atom is 0.185 e. The molecule has 0 radical (unpaired) electrons. The number of carbonyl (C=O) groups is 1. The molecule has 1 heterocycles. The van der Waals surface area contributed by atoms with Gasteiger partial charge in [-0.25, -0.2) is 0 Å². The number of methoxy groups -OCH3 is 1. The van der Waals surface area contributed by atoms with Gasteiger partial charge in [0.1, 0.15) is 11.5 Å². The lowest BCUT2D eigenvalue weighted by Gasteiger charge is -2.09. The topological polar surface area (TPSA) is 39.4 Å². The number of carbonyl (C=O) groups excluding carboxylic acids is 1. The van der Waals surface area contributed by atoms with Gasteiger partial charge in [-0.15, -0.1) is 0 Å². The third-order valence-corrected chi connectivity index (χ3v) is 3.31. The first-order valence-electron chi connectivity index (χ1n) is 6.60. The highest BCUT2D eigenvalue weighted by atomic mass is 16.5. The van der Waals surface area contributed by atoms with Crippen LogP contribution in [0.5, 0.6) is 5.75 Å². The Bertz CT molecular complexity index is 757. The quantitative estimate of drug-likeness (QED) is 0.662. The van der Waals surface area contributed by atoms with Gasteiger partial charge < -0.3 is 9.15 Å². The molecule has 0 saturated heterocycles. The second-order valence-electron chi connectivity index (χ2n) is 4.60. The van der Waals surface area contributed by atoms with E-state index in [4.69, 9.17) is 9.15 Å². The van der Waals surface area contributed by atoms with Gasteiger partial charge in [0.05, 0.1) is 12.7 Å². The molecule has 0 bridgehead atoms. The molecule has 0 spiro atoms. The van der Waals surface area contributed by atoms with Crippen LogP contribution in [-0.4, -0.2) is 13.4 Å². The highest BCUT2D eigenvalue weighted by molar-refractivity contribution is 5.78. The van der Waals surface area contributed by atoms with E-state index in [-0.39, 0.29) is 0 Å². The van der Waals surface area contributed by atoms with Gasteiger partial charge in [-0.05, 0) is 35.4 Å².